The molecular weight excluding hydrogens is 242 g/mol. The molecule has 1 rings (SSSR count). The molecule has 0 fully saturated rings. The van der Waals surface area contributed by atoms with Gasteiger partial charge in [0.05, 0.1) is 12.8 Å². The molecule has 0 aliphatic rings. The molecule has 1 aromatic heterocycles. The lowest BCUT2D eigenvalue weighted by molar-refractivity contribution is -0.143. The van der Waals surface area contributed by atoms with Crippen molar-refractivity contribution in [2.24, 2.45) is 7.05 Å². The van der Waals surface area contributed by atoms with Crippen LogP contribution in [-0.4, -0.2) is 28.9 Å². The second-order valence-electron chi connectivity index (χ2n) is 3.84. The Bertz CT molecular complexity index is 404. The number of methoxy groups -OCH3 is 1. The molecule has 96 valence electrons. The maximum Gasteiger partial charge on any atom is 0.322 e. The molecule has 5 nitrogen and oxygen atoms in total. The number of rotatable bonds is 5. The van der Waals surface area contributed by atoms with E-state index in [1.165, 1.54) is 7.11 Å². The summed E-state index contributed by atoms with van der Waals surface area (Å²) in [6.07, 6.45) is 0.670. The zero-order valence-electron chi connectivity index (χ0n) is 10.6. The topological polar surface area (TPSA) is 56.2 Å². The monoisotopic (exact) mass is 259 g/mol. The van der Waals surface area contributed by atoms with Crippen LogP contribution in [-0.2, 0) is 23.1 Å². The second kappa shape index (κ2) is 6.02. The lowest BCUT2D eigenvalue weighted by Crippen LogP contribution is -2.36. The van der Waals surface area contributed by atoms with Crippen LogP contribution >= 0.6 is 11.6 Å². The van der Waals surface area contributed by atoms with Crippen LogP contribution in [0.1, 0.15) is 24.6 Å². The predicted octanol–water partition coefficient (Wildman–Crippen LogP) is 1.42. The molecule has 1 aromatic rings. The lowest BCUT2D eigenvalue weighted by Gasteiger charge is -2.14. The standard InChI is InChI=1S/C11H18ClN3O2/c1-5-9(11(16)17-4)13-6-8-7(2)14-15(3)10(8)12/h9,13H,5-6H2,1-4H3. The molecule has 1 atom stereocenters. The van der Waals surface area contributed by atoms with Gasteiger partial charge in [0.15, 0.2) is 0 Å². The van der Waals surface area contributed by atoms with E-state index in [0.29, 0.717) is 18.1 Å². The molecule has 0 saturated carbocycles. The van der Waals surface area contributed by atoms with Crippen molar-refractivity contribution in [3.8, 4) is 0 Å². The fourth-order valence-corrected chi connectivity index (χ4v) is 1.88. The molecule has 6 heteroatoms. The van der Waals surface area contributed by atoms with E-state index in [4.69, 9.17) is 16.3 Å². The summed E-state index contributed by atoms with van der Waals surface area (Å²) in [4.78, 5) is 11.4. The Balaban J connectivity index is 2.69. The van der Waals surface area contributed by atoms with Crippen molar-refractivity contribution in [2.75, 3.05) is 7.11 Å². The number of ether oxygens (including phenoxy) is 1. The van der Waals surface area contributed by atoms with Crippen LogP contribution in [0.15, 0.2) is 0 Å². The first-order chi connectivity index (χ1) is 8.01. The molecular formula is C11H18ClN3O2. The van der Waals surface area contributed by atoms with Gasteiger partial charge in [-0.15, -0.1) is 0 Å². The Morgan fingerprint density at radius 2 is 2.29 bits per heavy atom. The number of hydrogen-bond donors (Lipinski definition) is 1. The SMILES string of the molecule is CCC(NCc1c(C)nn(C)c1Cl)C(=O)OC. The largest absolute Gasteiger partial charge is 0.468 e. The normalized spacial score (nSPS) is 12.5. The number of esters is 1. The van der Waals surface area contributed by atoms with Crippen LogP contribution in [0.5, 0.6) is 0 Å². The van der Waals surface area contributed by atoms with E-state index < -0.39 is 0 Å². The maximum absolute atomic E-state index is 11.4. The van der Waals surface area contributed by atoms with Crippen LogP contribution in [0, 0.1) is 6.92 Å². The van der Waals surface area contributed by atoms with Crippen LogP contribution in [0.2, 0.25) is 5.15 Å². The molecule has 0 amide bonds. The van der Waals surface area contributed by atoms with Crippen molar-refractivity contribution in [2.45, 2.75) is 32.9 Å². The van der Waals surface area contributed by atoms with Gasteiger partial charge in [-0.1, -0.05) is 18.5 Å². The predicted molar refractivity (Wildman–Crippen MR) is 65.9 cm³/mol. The van der Waals surface area contributed by atoms with Gasteiger partial charge >= 0.3 is 5.97 Å². The summed E-state index contributed by atoms with van der Waals surface area (Å²) in [6.45, 7) is 4.32. The average molecular weight is 260 g/mol. The average Bonchev–Trinajstić information content (AvgIpc) is 2.55. The van der Waals surface area contributed by atoms with Crippen molar-refractivity contribution in [3.63, 3.8) is 0 Å². The zero-order chi connectivity index (χ0) is 13.0. The summed E-state index contributed by atoms with van der Waals surface area (Å²) >= 11 is 6.10. The van der Waals surface area contributed by atoms with Crippen LogP contribution in [0.4, 0.5) is 0 Å². The summed E-state index contributed by atoms with van der Waals surface area (Å²) in [5, 5.41) is 7.92. The molecule has 0 aliphatic heterocycles. The Morgan fingerprint density at radius 3 is 2.71 bits per heavy atom. The number of carbonyl (C=O) groups is 1. The summed E-state index contributed by atoms with van der Waals surface area (Å²) < 4.78 is 6.32. The summed E-state index contributed by atoms with van der Waals surface area (Å²) in [5.74, 6) is -0.259. The maximum atomic E-state index is 11.4. The lowest BCUT2D eigenvalue weighted by atomic mass is 10.2. The number of nitrogens with zero attached hydrogens (tertiary/aromatic N) is 2. The Labute approximate surface area is 106 Å². The highest BCUT2D eigenvalue weighted by atomic mass is 35.5. The Morgan fingerprint density at radius 1 is 1.65 bits per heavy atom. The van der Waals surface area contributed by atoms with Gasteiger partial charge in [0.2, 0.25) is 0 Å². The number of halogens is 1. The number of aromatic nitrogens is 2. The molecule has 0 radical (unpaired) electrons. The van der Waals surface area contributed by atoms with E-state index in [9.17, 15) is 4.79 Å². The molecule has 1 unspecified atom stereocenters. The van der Waals surface area contributed by atoms with Gasteiger partial charge in [-0.3, -0.25) is 9.48 Å². The molecule has 0 spiro atoms. The van der Waals surface area contributed by atoms with Crippen LogP contribution in [0.25, 0.3) is 0 Å². The van der Waals surface area contributed by atoms with Gasteiger partial charge in [-0.25, -0.2) is 0 Å². The number of hydrogen-bond acceptors (Lipinski definition) is 4. The fourth-order valence-electron chi connectivity index (χ4n) is 1.64. The molecule has 0 bridgehead atoms. The van der Waals surface area contributed by atoms with Gasteiger partial charge in [-0.2, -0.15) is 5.10 Å². The Hall–Kier alpha value is -1.07. The molecule has 0 saturated heterocycles. The van der Waals surface area contributed by atoms with Crippen molar-refractivity contribution in [1.82, 2.24) is 15.1 Å². The first-order valence-corrected chi connectivity index (χ1v) is 5.88. The van der Waals surface area contributed by atoms with Gasteiger partial charge in [0.25, 0.3) is 0 Å². The first-order valence-electron chi connectivity index (χ1n) is 5.50. The van der Waals surface area contributed by atoms with E-state index in [2.05, 4.69) is 10.4 Å². The Kier molecular flexibility index (Phi) is 4.96. The van der Waals surface area contributed by atoms with Crippen LogP contribution < -0.4 is 5.32 Å². The van der Waals surface area contributed by atoms with Crippen LogP contribution in [0.3, 0.4) is 0 Å². The van der Waals surface area contributed by atoms with E-state index >= 15 is 0 Å². The van der Waals surface area contributed by atoms with Crippen molar-refractivity contribution < 1.29 is 9.53 Å². The van der Waals surface area contributed by atoms with Gasteiger partial charge in [0.1, 0.15) is 11.2 Å². The van der Waals surface area contributed by atoms with Crippen molar-refractivity contribution in [1.29, 1.82) is 0 Å². The highest BCUT2D eigenvalue weighted by Crippen LogP contribution is 2.18. The quantitative estimate of drug-likeness (QED) is 0.813. The first kappa shape index (κ1) is 14.0. The third-order valence-electron chi connectivity index (χ3n) is 2.69. The number of nitrogens with one attached hydrogen (secondary N) is 1. The number of carbonyl (C=O) groups excluding carboxylic acids is 1. The van der Waals surface area contributed by atoms with E-state index in [0.717, 1.165) is 11.3 Å². The molecule has 0 aliphatic carbocycles. The zero-order valence-corrected chi connectivity index (χ0v) is 11.3. The van der Waals surface area contributed by atoms with E-state index in [-0.39, 0.29) is 12.0 Å². The summed E-state index contributed by atoms with van der Waals surface area (Å²) in [6, 6.07) is -0.310. The molecule has 1 N–H and O–H groups in total. The molecule has 17 heavy (non-hydrogen) atoms. The van der Waals surface area contributed by atoms with Gasteiger partial charge in [0, 0.05) is 19.2 Å². The fraction of sp³-hybridized carbons (Fsp3) is 0.636. The summed E-state index contributed by atoms with van der Waals surface area (Å²) in [7, 11) is 3.17. The van der Waals surface area contributed by atoms with E-state index in [1.54, 1.807) is 11.7 Å². The molecule has 0 aromatic carbocycles. The minimum absolute atomic E-state index is 0.259. The third-order valence-corrected chi connectivity index (χ3v) is 3.16. The summed E-state index contributed by atoms with van der Waals surface area (Å²) in [5.41, 5.74) is 1.78. The van der Waals surface area contributed by atoms with Gasteiger partial charge in [-0.05, 0) is 13.3 Å². The highest BCUT2D eigenvalue weighted by Gasteiger charge is 2.18. The van der Waals surface area contributed by atoms with E-state index in [1.807, 2.05) is 13.8 Å². The van der Waals surface area contributed by atoms with Crippen molar-refractivity contribution >= 4 is 17.6 Å². The third kappa shape index (κ3) is 3.20. The number of aryl methyl sites for hydroxylation is 2. The smallest absolute Gasteiger partial charge is 0.322 e. The van der Waals surface area contributed by atoms with Crippen molar-refractivity contribution in [3.05, 3.63) is 16.4 Å². The van der Waals surface area contributed by atoms with Gasteiger partial charge < -0.3 is 10.1 Å². The highest BCUT2D eigenvalue weighted by molar-refractivity contribution is 6.30. The minimum Gasteiger partial charge on any atom is -0.468 e. The molecule has 1 heterocycles. The minimum atomic E-state index is -0.310. The second-order valence-corrected chi connectivity index (χ2v) is 4.20.